The van der Waals surface area contributed by atoms with Crippen molar-refractivity contribution in [3.05, 3.63) is 91.0 Å². The molecule has 0 aliphatic rings. The molecule has 0 radical (unpaired) electrons. The van der Waals surface area contributed by atoms with Crippen LogP contribution in [0.5, 0.6) is 0 Å². The van der Waals surface area contributed by atoms with E-state index in [1.165, 1.54) is 17.1 Å². The fraction of sp³-hybridized carbons (Fsp3) is 0.280. The first kappa shape index (κ1) is 19.8. The fourth-order valence-electron chi connectivity index (χ4n) is 3.80. The van der Waals surface area contributed by atoms with Crippen LogP contribution in [0.15, 0.2) is 91.0 Å². The summed E-state index contributed by atoms with van der Waals surface area (Å²) in [4.78, 5) is 7.44. The molecule has 0 bridgehead atoms. The summed E-state index contributed by atoms with van der Waals surface area (Å²) in [5, 5.41) is 0. The zero-order chi connectivity index (χ0) is 19.8. The molecule has 3 heteroatoms. The number of para-hydroxylation sites is 3. The maximum atomic E-state index is 2.48. The number of hydrogen-bond acceptors (Lipinski definition) is 3. The quantitative estimate of drug-likeness (QED) is 0.436. The Hall–Kier alpha value is -2.94. The van der Waals surface area contributed by atoms with Crippen LogP contribution < -0.4 is 14.7 Å². The highest BCUT2D eigenvalue weighted by molar-refractivity contribution is 5.59. The van der Waals surface area contributed by atoms with Crippen molar-refractivity contribution in [2.24, 2.45) is 0 Å². The van der Waals surface area contributed by atoms with Gasteiger partial charge < -0.3 is 14.7 Å². The van der Waals surface area contributed by atoms with Crippen LogP contribution in [0.25, 0.3) is 0 Å². The molecule has 0 fully saturated rings. The molecule has 0 saturated carbocycles. The van der Waals surface area contributed by atoms with Gasteiger partial charge in [0.25, 0.3) is 0 Å². The molecular weight excluding hydrogens is 342 g/mol. The van der Waals surface area contributed by atoms with Crippen LogP contribution in [-0.2, 0) is 0 Å². The van der Waals surface area contributed by atoms with Gasteiger partial charge in [0.1, 0.15) is 0 Å². The van der Waals surface area contributed by atoms with Gasteiger partial charge in [-0.3, -0.25) is 0 Å². The lowest BCUT2D eigenvalue weighted by Gasteiger charge is -2.48. The lowest BCUT2D eigenvalue weighted by Crippen LogP contribution is -2.59. The first-order chi connectivity index (χ1) is 13.8. The summed E-state index contributed by atoms with van der Waals surface area (Å²) < 4.78 is 0. The number of rotatable bonds is 9. The smallest absolute Gasteiger partial charge is 0.181 e. The van der Waals surface area contributed by atoms with Gasteiger partial charge >= 0.3 is 0 Å². The molecule has 146 valence electrons. The normalized spacial score (nSPS) is 10.7. The Bertz CT molecular complexity index is 692. The van der Waals surface area contributed by atoms with E-state index in [9.17, 15) is 0 Å². The zero-order valence-corrected chi connectivity index (χ0v) is 17.2. The Morgan fingerprint density at radius 2 is 0.714 bits per heavy atom. The third-order valence-corrected chi connectivity index (χ3v) is 5.12. The van der Waals surface area contributed by atoms with E-state index >= 15 is 0 Å². The number of benzene rings is 3. The van der Waals surface area contributed by atoms with Crippen LogP contribution in [0.4, 0.5) is 17.1 Å². The van der Waals surface area contributed by atoms with Crippen molar-refractivity contribution in [3.63, 3.8) is 0 Å². The van der Waals surface area contributed by atoms with Crippen LogP contribution in [0, 0.1) is 0 Å². The minimum Gasteiger partial charge on any atom is -0.334 e. The maximum Gasteiger partial charge on any atom is 0.181 e. The Morgan fingerprint density at radius 1 is 0.464 bits per heavy atom. The highest BCUT2D eigenvalue weighted by atomic mass is 15.5. The van der Waals surface area contributed by atoms with Gasteiger partial charge in [0.15, 0.2) is 6.29 Å². The summed E-state index contributed by atoms with van der Waals surface area (Å²) in [5.74, 6) is 0. The highest BCUT2D eigenvalue weighted by Crippen LogP contribution is 2.28. The fourth-order valence-corrected chi connectivity index (χ4v) is 3.80. The average molecular weight is 374 g/mol. The van der Waals surface area contributed by atoms with Crippen LogP contribution >= 0.6 is 0 Å². The molecule has 0 aliphatic carbocycles. The lowest BCUT2D eigenvalue weighted by atomic mass is 10.2. The number of hydrogen-bond donors (Lipinski definition) is 0. The molecule has 0 heterocycles. The van der Waals surface area contributed by atoms with E-state index in [4.69, 9.17) is 0 Å². The van der Waals surface area contributed by atoms with E-state index in [0.29, 0.717) is 0 Å². The van der Waals surface area contributed by atoms with E-state index in [2.05, 4.69) is 126 Å². The van der Waals surface area contributed by atoms with Crippen LogP contribution in [-0.4, -0.2) is 25.9 Å². The second-order valence-corrected chi connectivity index (χ2v) is 6.71. The molecule has 0 N–H and O–H groups in total. The summed E-state index contributed by atoms with van der Waals surface area (Å²) in [7, 11) is 0. The molecule has 3 aromatic carbocycles. The van der Waals surface area contributed by atoms with Gasteiger partial charge in [-0.2, -0.15) is 0 Å². The summed E-state index contributed by atoms with van der Waals surface area (Å²) in [6, 6.07) is 32.2. The minimum absolute atomic E-state index is 0.0761. The van der Waals surface area contributed by atoms with Gasteiger partial charge in [-0.15, -0.1) is 0 Å². The predicted molar refractivity (Wildman–Crippen MR) is 122 cm³/mol. The number of anilines is 3. The summed E-state index contributed by atoms with van der Waals surface area (Å²) >= 11 is 0. The first-order valence-electron chi connectivity index (χ1n) is 10.2. The Kier molecular flexibility index (Phi) is 6.96. The average Bonchev–Trinajstić information content (AvgIpc) is 2.77. The van der Waals surface area contributed by atoms with Crippen LogP contribution in [0.3, 0.4) is 0 Å². The molecular formula is C25H31N3. The van der Waals surface area contributed by atoms with Crippen molar-refractivity contribution in [1.82, 2.24) is 0 Å². The second-order valence-electron chi connectivity index (χ2n) is 6.71. The van der Waals surface area contributed by atoms with Crippen molar-refractivity contribution in [3.8, 4) is 0 Å². The SMILES string of the molecule is CCN(c1ccccc1)C(N(CC)c1ccccc1)N(CC)c1ccccc1. The van der Waals surface area contributed by atoms with E-state index in [1.54, 1.807) is 0 Å². The molecule has 0 saturated heterocycles. The van der Waals surface area contributed by atoms with Gasteiger partial charge in [0, 0.05) is 36.7 Å². The second kappa shape index (κ2) is 9.84. The molecule has 0 amide bonds. The molecule has 0 spiro atoms. The Morgan fingerprint density at radius 3 is 0.929 bits per heavy atom. The standard InChI is InChI=1S/C25H31N3/c1-4-26(22-16-10-7-11-17-22)25(27(5-2)23-18-12-8-13-19-23)28(6-3)24-20-14-9-15-21-24/h7-21,25H,4-6H2,1-3H3. The molecule has 3 rings (SSSR count). The largest absolute Gasteiger partial charge is 0.334 e. The summed E-state index contributed by atoms with van der Waals surface area (Å²) in [5.41, 5.74) is 3.70. The monoisotopic (exact) mass is 373 g/mol. The van der Waals surface area contributed by atoms with Gasteiger partial charge in [-0.1, -0.05) is 54.6 Å². The third kappa shape index (κ3) is 4.30. The van der Waals surface area contributed by atoms with Crippen molar-refractivity contribution in [2.75, 3.05) is 34.3 Å². The Labute approximate surface area is 169 Å². The molecule has 0 unspecified atom stereocenters. The topological polar surface area (TPSA) is 9.72 Å². The number of nitrogens with zero attached hydrogens (tertiary/aromatic N) is 3. The summed E-state index contributed by atoms with van der Waals surface area (Å²) in [6.07, 6.45) is 0.0761. The van der Waals surface area contributed by atoms with E-state index in [-0.39, 0.29) is 6.29 Å². The minimum atomic E-state index is 0.0761. The summed E-state index contributed by atoms with van der Waals surface area (Å²) in [6.45, 7) is 9.46. The van der Waals surface area contributed by atoms with Crippen molar-refractivity contribution in [1.29, 1.82) is 0 Å². The molecule has 0 aromatic heterocycles. The highest BCUT2D eigenvalue weighted by Gasteiger charge is 2.29. The molecule has 28 heavy (non-hydrogen) atoms. The van der Waals surface area contributed by atoms with E-state index in [1.807, 2.05) is 0 Å². The third-order valence-electron chi connectivity index (χ3n) is 5.12. The van der Waals surface area contributed by atoms with Gasteiger partial charge in [-0.25, -0.2) is 0 Å². The zero-order valence-electron chi connectivity index (χ0n) is 17.2. The lowest BCUT2D eigenvalue weighted by molar-refractivity contribution is 0.536. The van der Waals surface area contributed by atoms with Crippen LogP contribution in [0.1, 0.15) is 20.8 Å². The van der Waals surface area contributed by atoms with Crippen molar-refractivity contribution in [2.45, 2.75) is 27.1 Å². The molecule has 3 nitrogen and oxygen atoms in total. The van der Waals surface area contributed by atoms with Gasteiger partial charge in [0.2, 0.25) is 0 Å². The van der Waals surface area contributed by atoms with Gasteiger partial charge in [-0.05, 0) is 57.2 Å². The van der Waals surface area contributed by atoms with E-state index < -0.39 is 0 Å². The van der Waals surface area contributed by atoms with E-state index in [0.717, 1.165) is 19.6 Å². The predicted octanol–water partition coefficient (Wildman–Crippen LogP) is 5.85. The Balaban J connectivity index is 2.11. The van der Waals surface area contributed by atoms with Crippen molar-refractivity contribution < 1.29 is 0 Å². The molecule has 0 aliphatic heterocycles. The van der Waals surface area contributed by atoms with Gasteiger partial charge in [0.05, 0.1) is 0 Å². The first-order valence-corrected chi connectivity index (χ1v) is 10.2. The molecule has 0 atom stereocenters. The maximum absolute atomic E-state index is 2.48. The molecule has 3 aromatic rings. The van der Waals surface area contributed by atoms with Crippen molar-refractivity contribution >= 4 is 17.1 Å². The van der Waals surface area contributed by atoms with Crippen LogP contribution in [0.2, 0.25) is 0 Å².